The van der Waals surface area contributed by atoms with Crippen LogP contribution in [0.4, 0.5) is 11.4 Å². The maximum absolute atomic E-state index is 12.5. The number of rotatable bonds is 7. The molecule has 0 unspecified atom stereocenters. The van der Waals surface area contributed by atoms with Gasteiger partial charge in [0.1, 0.15) is 11.3 Å². The highest BCUT2D eigenvalue weighted by molar-refractivity contribution is 6.06. The van der Waals surface area contributed by atoms with Gasteiger partial charge in [0.25, 0.3) is 0 Å². The molecule has 3 aromatic rings. The third kappa shape index (κ3) is 4.45. The number of anilines is 2. The maximum Gasteiger partial charge on any atom is 0.341 e. The Morgan fingerprint density at radius 3 is 2.41 bits per heavy atom. The number of fused-ring (bicyclic) bond motifs is 1. The molecule has 0 bridgehead atoms. The zero-order valence-electron chi connectivity index (χ0n) is 16.5. The van der Waals surface area contributed by atoms with E-state index in [-0.39, 0.29) is 6.61 Å². The van der Waals surface area contributed by atoms with Gasteiger partial charge in [-0.2, -0.15) is 0 Å². The van der Waals surface area contributed by atoms with Gasteiger partial charge in [0.15, 0.2) is 0 Å². The maximum atomic E-state index is 12.5. The third-order valence-corrected chi connectivity index (χ3v) is 4.22. The molecule has 0 radical (unpaired) electrons. The number of ether oxygens (including phenoxy) is 3. The number of nitrogens with zero attached hydrogens (tertiary/aromatic N) is 1. The van der Waals surface area contributed by atoms with Crippen LogP contribution in [0.3, 0.4) is 0 Å². The highest BCUT2D eigenvalue weighted by Gasteiger charge is 2.18. The smallest absolute Gasteiger partial charge is 0.341 e. The van der Waals surface area contributed by atoms with E-state index < -0.39 is 11.9 Å². The van der Waals surface area contributed by atoms with Gasteiger partial charge in [0.05, 0.1) is 37.1 Å². The Labute approximate surface area is 168 Å². The number of methoxy groups -OCH3 is 1. The van der Waals surface area contributed by atoms with Crippen LogP contribution in [-0.2, 0) is 9.47 Å². The van der Waals surface area contributed by atoms with E-state index in [0.29, 0.717) is 40.4 Å². The van der Waals surface area contributed by atoms with Crippen molar-refractivity contribution in [2.24, 2.45) is 0 Å². The second-order valence-corrected chi connectivity index (χ2v) is 6.07. The molecule has 0 saturated heterocycles. The number of esters is 2. The van der Waals surface area contributed by atoms with Crippen LogP contribution in [0.25, 0.3) is 10.9 Å². The molecule has 0 aliphatic rings. The summed E-state index contributed by atoms with van der Waals surface area (Å²) in [4.78, 5) is 28.5. The Kier molecular flexibility index (Phi) is 6.29. The summed E-state index contributed by atoms with van der Waals surface area (Å²) in [6, 6.07) is 12.3. The van der Waals surface area contributed by atoms with Crippen molar-refractivity contribution in [2.45, 2.75) is 13.8 Å². The van der Waals surface area contributed by atoms with Crippen molar-refractivity contribution in [1.29, 1.82) is 0 Å². The van der Waals surface area contributed by atoms with Crippen molar-refractivity contribution >= 4 is 34.2 Å². The molecule has 0 saturated carbocycles. The molecule has 0 spiro atoms. The van der Waals surface area contributed by atoms with Gasteiger partial charge >= 0.3 is 11.9 Å². The van der Waals surface area contributed by atoms with E-state index in [2.05, 4.69) is 10.3 Å². The number of pyridine rings is 1. The molecule has 0 aliphatic heterocycles. The highest BCUT2D eigenvalue weighted by Crippen LogP contribution is 2.32. The van der Waals surface area contributed by atoms with Crippen LogP contribution in [0, 0.1) is 0 Å². The molecule has 1 heterocycles. The molecule has 3 rings (SSSR count). The second kappa shape index (κ2) is 9.05. The van der Waals surface area contributed by atoms with Crippen molar-refractivity contribution in [3.05, 3.63) is 59.8 Å². The monoisotopic (exact) mass is 394 g/mol. The summed E-state index contributed by atoms with van der Waals surface area (Å²) < 4.78 is 15.5. The molecule has 0 aliphatic carbocycles. The van der Waals surface area contributed by atoms with Crippen LogP contribution < -0.4 is 10.1 Å². The zero-order valence-corrected chi connectivity index (χ0v) is 16.5. The quantitative estimate of drug-likeness (QED) is 0.597. The fourth-order valence-electron chi connectivity index (χ4n) is 2.88. The molecule has 1 aromatic heterocycles. The topological polar surface area (TPSA) is 86.8 Å². The molecular formula is C22H22N2O5. The minimum Gasteiger partial charge on any atom is -0.494 e. The Balaban J connectivity index is 2.08. The van der Waals surface area contributed by atoms with Crippen molar-refractivity contribution in [3.8, 4) is 5.75 Å². The molecule has 7 nitrogen and oxygen atoms in total. The Hall–Kier alpha value is -3.61. The lowest BCUT2D eigenvalue weighted by Gasteiger charge is -2.15. The number of nitrogens with one attached hydrogen (secondary N) is 1. The zero-order chi connectivity index (χ0) is 20.8. The van der Waals surface area contributed by atoms with Gasteiger partial charge in [0.2, 0.25) is 0 Å². The molecular weight excluding hydrogens is 372 g/mol. The lowest BCUT2D eigenvalue weighted by Crippen LogP contribution is -2.09. The predicted octanol–water partition coefficient (Wildman–Crippen LogP) is 4.34. The standard InChI is InChI=1S/C22H22N2O5/c1-4-28-16-10-11-19-17(12-16)20(18(13-23-19)22(26)29-5-2)24-15-8-6-14(7-9-15)21(25)27-3/h6-13H,4-5H2,1-3H3,(H,23,24). The SMILES string of the molecule is CCOC(=O)c1cnc2ccc(OCC)cc2c1Nc1ccc(C(=O)OC)cc1. The summed E-state index contributed by atoms with van der Waals surface area (Å²) in [5, 5.41) is 3.98. The molecule has 0 atom stereocenters. The fraction of sp³-hybridized carbons (Fsp3) is 0.227. The Morgan fingerprint density at radius 1 is 1.00 bits per heavy atom. The first-order valence-electron chi connectivity index (χ1n) is 9.25. The van der Waals surface area contributed by atoms with Gasteiger partial charge in [-0.05, 0) is 56.3 Å². The minimum atomic E-state index is -0.475. The van der Waals surface area contributed by atoms with Crippen molar-refractivity contribution in [2.75, 3.05) is 25.6 Å². The van der Waals surface area contributed by atoms with Crippen LogP contribution in [0.2, 0.25) is 0 Å². The molecule has 2 aromatic carbocycles. The van der Waals surface area contributed by atoms with Crippen LogP contribution in [0.5, 0.6) is 5.75 Å². The molecule has 29 heavy (non-hydrogen) atoms. The lowest BCUT2D eigenvalue weighted by molar-refractivity contribution is 0.0526. The average molecular weight is 394 g/mol. The Morgan fingerprint density at radius 2 is 1.76 bits per heavy atom. The molecule has 0 fully saturated rings. The number of hydrogen-bond acceptors (Lipinski definition) is 7. The van der Waals surface area contributed by atoms with E-state index in [9.17, 15) is 9.59 Å². The summed E-state index contributed by atoms with van der Waals surface area (Å²) in [6.45, 7) is 4.43. The summed E-state index contributed by atoms with van der Waals surface area (Å²) in [6.07, 6.45) is 1.49. The third-order valence-electron chi connectivity index (χ3n) is 4.22. The summed E-state index contributed by atoms with van der Waals surface area (Å²) in [5.74, 6) is -0.219. The Bertz CT molecular complexity index is 1030. The van der Waals surface area contributed by atoms with Gasteiger partial charge < -0.3 is 19.5 Å². The number of hydrogen-bond donors (Lipinski definition) is 1. The van der Waals surface area contributed by atoms with E-state index in [1.54, 1.807) is 31.2 Å². The van der Waals surface area contributed by atoms with E-state index in [0.717, 1.165) is 5.39 Å². The number of carbonyl (C=O) groups is 2. The lowest BCUT2D eigenvalue weighted by atomic mass is 10.1. The number of aromatic nitrogens is 1. The molecule has 0 amide bonds. The fourth-order valence-corrected chi connectivity index (χ4v) is 2.88. The predicted molar refractivity (Wildman–Crippen MR) is 110 cm³/mol. The van der Waals surface area contributed by atoms with Crippen LogP contribution in [-0.4, -0.2) is 37.2 Å². The van der Waals surface area contributed by atoms with Crippen LogP contribution >= 0.6 is 0 Å². The number of benzene rings is 2. The molecule has 7 heteroatoms. The normalized spacial score (nSPS) is 10.4. The first-order valence-corrected chi connectivity index (χ1v) is 9.25. The van der Waals surface area contributed by atoms with Gasteiger partial charge in [-0.25, -0.2) is 9.59 Å². The first kappa shape index (κ1) is 20.1. The average Bonchev–Trinajstić information content (AvgIpc) is 2.74. The van der Waals surface area contributed by atoms with E-state index >= 15 is 0 Å². The second-order valence-electron chi connectivity index (χ2n) is 6.07. The van der Waals surface area contributed by atoms with Crippen molar-refractivity contribution < 1.29 is 23.8 Å². The van der Waals surface area contributed by atoms with E-state index in [4.69, 9.17) is 14.2 Å². The van der Waals surface area contributed by atoms with E-state index in [1.165, 1.54) is 13.3 Å². The van der Waals surface area contributed by atoms with Crippen molar-refractivity contribution in [1.82, 2.24) is 4.98 Å². The number of carbonyl (C=O) groups excluding carboxylic acids is 2. The first-order chi connectivity index (χ1) is 14.1. The van der Waals surface area contributed by atoms with Gasteiger partial charge in [-0.3, -0.25) is 4.98 Å². The van der Waals surface area contributed by atoms with Crippen LogP contribution in [0.15, 0.2) is 48.7 Å². The van der Waals surface area contributed by atoms with Gasteiger partial charge in [-0.1, -0.05) is 0 Å². The highest BCUT2D eigenvalue weighted by atomic mass is 16.5. The molecule has 1 N–H and O–H groups in total. The van der Waals surface area contributed by atoms with E-state index in [1.807, 2.05) is 25.1 Å². The van der Waals surface area contributed by atoms with Crippen LogP contribution in [0.1, 0.15) is 34.6 Å². The summed E-state index contributed by atoms with van der Waals surface area (Å²) in [5.41, 5.74) is 2.69. The van der Waals surface area contributed by atoms with Gasteiger partial charge in [0, 0.05) is 17.3 Å². The summed E-state index contributed by atoms with van der Waals surface area (Å²) >= 11 is 0. The largest absolute Gasteiger partial charge is 0.494 e. The minimum absolute atomic E-state index is 0.253. The molecule has 150 valence electrons. The summed E-state index contributed by atoms with van der Waals surface area (Å²) in [7, 11) is 1.33. The van der Waals surface area contributed by atoms with Gasteiger partial charge in [-0.15, -0.1) is 0 Å². The van der Waals surface area contributed by atoms with Crippen molar-refractivity contribution in [3.63, 3.8) is 0 Å².